The zero-order valence-corrected chi connectivity index (χ0v) is 8.04. The van der Waals surface area contributed by atoms with E-state index < -0.39 is 0 Å². The van der Waals surface area contributed by atoms with Crippen LogP contribution in [0.3, 0.4) is 0 Å². The second-order valence-electron chi connectivity index (χ2n) is 2.74. The quantitative estimate of drug-likeness (QED) is 0.548. The third-order valence-corrected chi connectivity index (χ3v) is 2.77. The Morgan fingerprint density at radius 2 is 2.62 bits per heavy atom. The summed E-state index contributed by atoms with van der Waals surface area (Å²) in [5, 5.41) is 1.97. The number of rotatable bonds is 3. The largest absolute Gasteiger partial charge is 0.464 e. The van der Waals surface area contributed by atoms with Gasteiger partial charge in [-0.15, -0.1) is 11.3 Å². The summed E-state index contributed by atoms with van der Waals surface area (Å²) in [5.41, 5.74) is 0. The summed E-state index contributed by atoms with van der Waals surface area (Å²) in [7, 11) is 0. The molecule has 1 aromatic heterocycles. The average Bonchev–Trinajstić information content (AvgIpc) is 2.74. The van der Waals surface area contributed by atoms with Gasteiger partial charge >= 0.3 is 5.97 Å². The summed E-state index contributed by atoms with van der Waals surface area (Å²) in [4.78, 5) is 12.3. The van der Waals surface area contributed by atoms with E-state index >= 15 is 0 Å². The van der Waals surface area contributed by atoms with E-state index in [9.17, 15) is 4.79 Å². The fourth-order valence-electron chi connectivity index (χ4n) is 1.19. The zero-order valence-electron chi connectivity index (χ0n) is 7.23. The van der Waals surface area contributed by atoms with E-state index in [1.54, 1.807) is 18.3 Å². The molecule has 0 unspecified atom stereocenters. The Morgan fingerprint density at radius 3 is 3.23 bits per heavy atom. The molecule has 1 fully saturated rings. The van der Waals surface area contributed by atoms with Crippen molar-refractivity contribution in [1.82, 2.24) is 0 Å². The Labute approximate surface area is 80.3 Å². The molecule has 2 heterocycles. The summed E-state index contributed by atoms with van der Waals surface area (Å²) >= 11 is 1.60. The third kappa shape index (κ3) is 1.73. The number of thiophene rings is 1. The van der Waals surface area contributed by atoms with E-state index in [0.717, 1.165) is 4.88 Å². The molecule has 1 aromatic rings. The molecule has 13 heavy (non-hydrogen) atoms. The molecule has 1 aliphatic heterocycles. The number of hydrogen-bond donors (Lipinski definition) is 0. The molecular formula is C9H10O3S. The molecule has 1 saturated heterocycles. The van der Waals surface area contributed by atoms with Gasteiger partial charge in [0.25, 0.3) is 0 Å². The summed E-state index contributed by atoms with van der Waals surface area (Å²) in [6.45, 7) is 2.20. The van der Waals surface area contributed by atoms with Crippen molar-refractivity contribution in [2.75, 3.05) is 6.61 Å². The molecular weight excluding hydrogens is 188 g/mol. The highest BCUT2D eigenvalue weighted by Gasteiger charge is 2.47. The summed E-state index contributed by atoms with van der Waals surface area (Å²) < 4.78 is 10.0. The standard InChI is InChI=1S/C9H10O3S/c1-2-11-9(10)8-7(12-8)6-4-3-5-13-6/h3-5,7-8H,2H2,1H3/t7-,8+/m0/s1. The summed E-state index contributed by atoms with van der Waals surface area (Å²) in [6.07, 6.45) is -0.419. The molecule has 2 rings (SSSR count). The number of ether oxygens (including phenoxy) is 2. The monoisotopic (exact) mass is 198 g/mol. The van der Waals surface area contributed by atoms with E-state index in [2.05, 4.69) is 0 Å². The van der Waals surface area contributed by atoms with Gasteiger partial charge < -0.3 is 9.47 Å². The maximum atomic E-state index is 11.2. The fourth-order valence-corrected chi connectivity index (χ4v) is 1.97. The van der Waals surface area contributed by atoms with E-state index in [0.29, 0.717) is 6.61 Å². The lowest BCUT2D eigenvalue weighted by molar-refractivity contribution is -0.144. The van der Waals surface area contributed by atoms with Crippen molar-refractivity contribution in [3.8, 4) is 0 Å². The van der Waals surface area contributed by atoms with Crippen LogP contribution in [0.2, 0.25) is 0 Å². The van der Waals surface area contributed by atoms with Crippen LogP contribution in [0.5, 0.6) is 0 Å². The molecule has 4 heteroatoms. The Balaban J connectivity index is 1.92. The Bertz CT molecular complexity index is 294. The van der Waals surface area contributed by atoms with Crippen LogP contribution in [0.4, 0.5) is 0 Å². The number of carbonyl (C=O) groups is 1. The highest BCUT2D eigenvalue weighted by atomic mass is 32.1. The molecule has 0 amide bonds. The van der Waals surface area contributed by atoms with Gasteiger partial charge in [-0.25, -0.2) is 4.79 Å². The van der Waals surface area contributed by atoms with Gasteiger partial charge in [0.15, 0.2) is 6.10 Å². The van der Waals surface area contributed by atoms with E-state index in [1.807, 2.05) is 17.5 Å². The van der Waals surface area contributed by atoms with Crippen LogP contribution < -0.4 is 0 Å². The highest BCUT2D eigenvalue weighted by molar-refractivity contribution is 7.10. The molecule has 0 aromatic carbocycles. The van der Waals surface area contributed by atoms with Crippen LogP contribution in [0.15, 0.2) is 17.5 Å². The van der Waals surface area contributed by atoms with Gasteiger partial charge in [-0.1, -0.05) is 6.07 Å². The van der Waals surface area contributed by atoms with Crippen LogP contribution >= 0.6 is 11.3 Å². The molecule has 2 atom stereocenters. The van der Waals surface area contributed by atoms with Crippen molar-refractivity contribution in [3.63, 3.8) is 0 Å². The van der Waals surface area contributed by atoms with Crippen molar-refractivity contribution in [3.05, 3.63) is 22.4 Å². The summed E-state index contributed by atoms with van der Waals surface area (Å²) in [5.74, 6) is -0.249. The Hall–Kier alpha value is -0.870. The second-order valence-corrected chi connectivity index (χ2v) is 3.72. The van der Waals surface area contributed by atoms with Crippen LogP contribution in [-0.4, -0.2) is 18.7 Å². The number of carbonyl (C=O) groups excluding carboxylic acids is 1. The van der Waals surface area contributed by atoms with Crippen molar-refractivity contribution in [2.45, 2.75) is 19.1 Å². The molecule has 70 valence electrons. The normalized spacial score (nSPS) is 25.6. The molecule has 0 saturated carbocycles. The van der Waals surface area contributed by atoms with Crippen molar-refractivity contribution in [1.29, 1.82) is 0 Å². The van der Waals surface area contributed by atoms with Crippen molar-refractivity contribution >= 4 is 17.3 Å². The first-order valence-electron chi connectivity index (χ1n) is 4.18. The lowest BCUT2D eigenvalue weighted by Gasteiger charge is -1.95. The summed E-state index contributed by atoms with van der Waals surface area (Å²) in [6, 6.07) is 3.92. The highest BCUT2D eigenvalue weighted by Crippen LogP contribution is 2.41. The van der Waals surface area contributed by atoms with Crippen molar-refractivity contribution < 1.29 is 14.3 Å². The van der Waals surface area contributed by atoms with E-state index in [4.69, 9.17) is 9.47 Å². The minimum Gasteiger partial charge on any atom is -0.464 e. The predicted octanol–water partition coefficient (Wildman–Crippen LogP) is 1.75. The minimum atomic E-state index is -0.362. The predicted molar refractivity (Wildman–Crippen MR) is 48.6 cm³/mol. The van der Waals surface area contributed by atoms with Gasteiger partial charge in [0.05, 0.1) is 6.61 Å². The smallest absolute Gasteiger partial charge is 0.338 e. The van der Waals surface area contributed by atoms with Gasteiger partial charge in [-0.2, -0.15) is 0 Å². The maximum absolute atomic E-state index is 11.2. The van der Waals surface area contributed by atoms with Gasteiger partial charge in [0.2, 0.25) is 0 Å². The van der Waals surface area contributed by atoms with Gasteiger partial charge in [0, 0.05) is 4.88 Å². The zero-order chi connectivity index (χ0) is 9.26. The first-order chi connectivity index (χ1) is 6.33. The van der Waals surface area contributed by atoms with Crippen LogP contribution in [0, 0.1) is 0 Å². The topological polar surface area (TPSA) is 38.8 Å². The fraction of sp³-hybridized carbons (Fsp3) is 0.444. The molecule has 0 N–H and O–H groups in total. The second kappa shape index (κ2) is 3.47. The van der Waals surface area contributed by atoms with E-state index in [1.165, 1.54) is 0 Å². The maximum Gasteiger partial charge on any atom is 0.338 e. The van der Waals surface area contributed by atoms with Crippen LogP contribution in [0.25, 0.3) is 0 Å². The molecule has 0 bridgehead atoms. The molecule has 0 spiro atoms. The lowest BCUT2D eigenvalue weighted by Crippen LogP contribution is -2.11. The first kappa shape index (κ1) is 8.72. The SMILES string of the molecule is CCOC(=O)[C@@H]1O[C@H]1c1cccs1. The van der Waals surface area contributed by atoms with E-state index in [-0.39, 0.29) is 18.2 Å². The van der Waals surface area contributed by atoms with Gasteiger partial charge in [-0.05, 0) is 18.4 Å². The van der Waals surface area contributed by atoms with Crippen LogP contribution in [-0.2, 0) is 14.3 Å². The lowest BCUT2D eigenvalue weighted by atomic mass is 10.3. The third-order valence-electron chi connectivity index (χ3n) is 1.83. The Morgan fingerprint density at radius 1 is 1.77 bits per heavy atom. The van der Waals surface area contributed by atoms with Gasteiger partial charge in [0.1, 0.15) is 6.10 Å². The number of hydrogen-bond acceptors (Lipinski definition) is 4. The van der Waals surface area contributed by atoms with Crippen molar-refractivity contribution in [2.24, 2.45) is 0 Å². The molecule has 3 nitrogen and oxygen atoms in total. The molecule has 0 aliphatic carbocycles. The average molecular weight is 198 g/mol. The molecule has 1 aliphatic rings. The first-order valence-corrected chi connectivity index (χ1v) is 5.06. The Kier molecular flexibility index (Phi) is 2.33. The number of esters is 1. The minimum absolute atomic E-state index is 0.0564. The van der Waals surface area contributed by atoms with Crippen LogP contribution in [0.1, 0.15) is 17.9 Å². The molecule has 0 radical (unpaired) electrons. The van der Waals surface area contributed by atoms with Gasteiger partial charge in [-0.3, -0.25) is 0 Å². The number of epoxide rings is 1.